The van der Waals surface area contributed by atoms with E-state index in [1.807, 2.05) is 13.8 Å². The lowest BCUT2D eigenvalue weighted by Crippen LogP contribution is -2.48. The highest BCUT2D eigenvalue weighted by Crippen LogP contribution is 2.22. The number of hydrogen-bond acceptors (Lipinski definition) is 4. The minimum atomic E-state index is -3.58. The van der Waals surface area contributed by atoms with Gasteiger partial charge in [0.1, 0.15) is 0 Å². The zero-order valence-electron chi connectivity index (χ0n) is 16.2. The van der Waals surface area contributed by atoms with Gasteiger partial charge in [-0.2, -0.15) is 4.31 Å². The number of carbonyl (C=O) groups excluding carboxylic acids is 1. The molecule has 0 bridgehead atoms. The summed E-state index contributed by atoms with van der Waals surface area (Å²) >= 11 is 0. The second-order valence-corrected chi connectivity index (χ2v) is 9.70. The Morgan fingerprint density at radius 3 is 2.11 bits per heavy atom. The summed E-state index contributed by atoms with van der Waals surface area (Å²) in [4.78, 5) is 12.7. The Morgan fingerprint density at radius 1 is 1.00 bits per heavy atom. The number of ether oxygens (including phenoxy) is 1. The molecule has 0 spiro atoms. The van der Waals surface area contributed by atoms with Crippen LogP contribution in [0.3, 0.4) is 0 Å². The van der Waals surface area contributed by atoms with Crippen molar-refractivity contribution in [3.05, 3.63) is 29.8 Å². The maximum Gasteiger partial charge on any atom is 0.251 e. The van der Waals surface area contributed by atoms with Crippen LogP contribution in [0.25, 0.3) is 0 Å². The second kappa shape index (κ2) is 8.71. The summed E-state index contributed by atoms with van der Waals surface area (Å²) in [6.45, 7) is 4.44. The Hall–Kier alpha value is -1.44. The smallest absolute Gasteiger partial charge is 0.251 e. The van der Waals surface area contributed by atoms with Gasteiger partial charge in [0, 0.05) is 24.7 Å². The maximum absolute atomic E-state index is 12.9. The minimum absolute atomic E-state index is 0.125. The van der Waals surface area contributed by atoms with Gasteiger partial charge in [0.05, 0.1) is 17.1 Å². The minimum Gasteiger partial charge on any atom is -0.373 e. The summed E-state index contributed by atoms with van der Waals surface area (Å²) in [5.41, 5.74) is 0.502. The largest absolute Gasteiger partial charge is 0.373 e. The zero-order valence-corrected chi connectivity index (χ0v) is 17.0. The van der Waals surface area contributed by atoms with E-state index in [-0.39, 0.29) is 29.1 Å². The molecule has 1 aliphatic carbocycles. The van der Waals surface area contributed by atoms with Gasteiger partial charge in [-0.3, -0.25) is 4.79 Å². The molecule has 1 amide bonds. The molecule has 1 aromatic carbocycles. The number of nitrogens with zero attached hydrogens (tertiary/aromatic N) is 1. The number of hydrogen-bond donors (Lipinski definition) is 1. The van der Waals surface area contributed by atoms with E-state index in [0.717, 1.165) is 25.7 Å². The van der Waals surface area contributed by atoms with Crippen LogP contribution >= 0.6 is 0 Å². The number of rotatable bonds is 4. The predicted molar refractivity (Wildman–Crippen MR) is 104 cm³/mol. The Bertz CT molecular complexity index is 730. The average molecular weight is 395 g/mol. The molecule has 3 rings (SSSR count). The van der Waals surface area contributed by atoms with E-state index in [9.17, 15) is 13.2 Å². The van der Waals surface area contributed by atoms with Crippen LogP contribution in [-0.2, 0) is 14.8 Å². The van der Waals surface area contributed by atoms with Gasteiger partial charge in [0.15, 0.2) is 0 Å². The third-order valence-corrected chi connectivity index (χ3v) is 7.18. The SMILES string of the molecule is C[C@H]1CN(S(=O)(=O)c2ccc(C(=O)NC3CCCCCC3)cc2)C[C@H](C)O1. The van der Waals surface area contributed by atoms with Gasteiger partial charge in [-0.25, -0.2) is 8.42 Å². The number of sulfonamides is 1. The van der Waals surface area contributed by atoms with Crippen molar-refractivity contribution < 1.29 is 17.9 Å². The zero-order chi connectivity index (χ0) is 19.4. The van der Waals surface area contributed by atoms with Gasteiger partial charge in [-0.15, -0.1) is 0 Å². The first-order valence-corrected chi connectivity index (χ1v) is 11.4. The van der Waals surface area contributed by atoms with E-state index in [1.54, 1.807) is 12.1 Å². The molecule has 1 aliphatic heterocycles. The van der Waals surface area contributed by atoms with E-state index in [0.29, 0.717) is 18.7 Å². The molecule has 1 heterocycles. The molecular formula is C20H30N2O4S. The summed E-state index contributed by atoms with van der Waals surface area (Å²) in [5.74, 6) is -0.125. The van der Waals surface area contributed by atoms with Crippen molar-refractivity contribution in [1.82, 2.24) is 9.62 Å². The van der Waals surface area contributed by atoms with Gasteiger partial charge in [0.2, 0.25) is 10.0 Å². The van der Waals surface area contributed by atoms with Crippen LogP contribution in [0.15, 0.2) is 29.2 Å². The van der Waals surface area contributed by atoms with Crippen molar-refractivity contribution in [3.8, 4) is 0 Å². The molecule has 1 N–H and O–H groups in total. The third-order valence-electron chi connectivity index (χ3n) is 5.33. The molecular weight excluding hydrogens is 364 g/mol. The molecule has 27 heavy (non-hydrogen) atoms. The summed E-state index contributed by atoms with van der Waals surface area (Å²) in [6, 6.07) is 6.49. The van der Waals surface area contributed by atoms with Gasteiger partial charge >= 0.3 is 0 Å². The Labute approximate surface area is 162 Å². The number of morpholine rings is 1. The highest BCUT2D eigenvalue weighted by molar-refractivity contribution is 7.89. The fourth-order valence-electron chi connectivity index (χ4n) is 3.95. The molecule has 0 radical (unpaired) electrons. The summed E-state index contributed by atoms with van der Waals surface area (Å²) in [5, 5.41) is 3.09. The lowest BCUT2D eigenvalue weighted by molar-refractivity contribution is -0.0440. The van der Waals surface area contributed by atoms with Crippen LogP contribution in [0.4, 0.5) is 0 Å². The number of nitrogens with one attached hydrogen (secondary N) is 1. The lowest BCUT2D eigenvalue weighted by Gasteiger charge is -2.34. The summed E-state index contributed by atoms with van der Waals surface area (Å²) in [7, 11) is -3.58. The Kier molecular flexibility index (Phi) is 6.55. The van der Waals surface area contributed by atoms with Gasteiger partial charge in [0.25, 0.3) is 5.91 Å². The standard InChI is InChI=1S/C20H30N2O4S/c1-15-13-22(14-16(2)26-15)27(24,25)19-11-9-17(10-12-19)20(23)21-18-7-5-3-4-6-8-18/h9-12,15-16,18H,3-8,13-14H2,1-2H3,(H,21,23)/t15-,16-/m0/s1. The van der Waals surface area contributed by atoms with Crippen molar-refractivity contribution in [2.24, 2.45) is 0 Å². The quantitative estimate of drug-likeness (QED) is 0.797. The summed E-state index contributed by atoms with van der Waals surface area (Å²) < 4.78 is 32.9. The molecule has 150 valence electrons. The fourth-order valence-corrected chi connectivity index (χ4v) is 5.54. The van der Waals surface area contributed by atoms with Crippen LogP contribution in [0.2, 0.25) is 0 Å². The van der Waals surface area contributed by atoms with Crippen LogP contribution < -0.4 is 5.32 Å². The third kappa shape index (κ3) is 5.09. The first-order chi connectivity index (χ1) is 12.9. The van der Waals surface area contributed by atoms with Gasteiger partial charge in [-0.1, -0.05) is 25.7 Å². The molecule has 0 aromatic heterocycles. The van der Waals surface area contributed by atoms with E-state index in [4.69, 9.17) is 4.74 Å². The molecule has 2 aliphatic rings. The normalized spacial score (nSPS) is 25.7. The van der Waals surface area contributed by atoms with E-state index >= 15 is 0 Å². The highest BCUT2D eigenvalue weighted by atomic mass is 32.2. The second-order valence-electron chi connectivity index (χ2n) is 7.77. The van der Waals surface area contributed by atoms with E-state index in [2.05, 4.69) is 5.32 Å². The van der Waals surface area contributed by atoms with Crippen molar-refractivity contribution in [2.75, 3.05) is 13.1 Å². The first kappa shape index (κ1) is 20.3. The van der Waals surface area contributed by atoms with Crippen LogP contribution in [0.5, 0.6) is 0 Å². The molecule has 2 fully saturated rings. The van der Waals surface area contributed by atoms with Gasteiger partial charge in [-0.05, 0) is 51.0 Å². The van der Waals surface area contributed by atoms with Crippen molar-refractivity contribution >= 4 is 15.9 Å². The molecule has 1 aromatic rings. The molecule has 1 saturated heterocycles. The van der Waals surface area contributed by atoms with Crippen molar-refractivity contribution in [3.63, 3.8) is 0 Å². The topological polar surface area (TPSA) is 75.7 Å². The Morgan fingerprint density at radius 2 is 1.56 bits per heavy atom. The van der Waals surface area contributed by atoms with Crippen LogP contribution in [0.1, 0.15) is 62.7 Å². The molecule has 0 unspecified atom stereocenters. The predicted octanol–water partition coefficient (Wildman–Crippen LogP) is 2.94. The number of benzene rings is 1. The first-order valence-electron chi connectivity index (χ1n) is 9.93. The number of amides is 1. The van der Waals surface area contributed by atoms with Gasteiger partial charge < -0.3 is 10.1 Å². The van der Waals surface area contributed by atoms with Crippen LogP contribution in [0, 0.1) is 0 Å². The molecule has 2 atom stereocenters. The maximum atomic E-state index is 12.9. The molecule has 7 heteroatoms. The number of carbonyl (C=O) groups is 1. The average Bonchev–Trinajstić information content (AvgIpc) is 2.89. The lowest BCUT2D eigenvalue weighted by atomic mass is 10.1. The van der Waals surface area contributed by atoms with E-state index < -0.39 is 10.0 Å². The monoisotopic (exact) mass is 394 g/mol. The van der Waals surface area contributed by atoms with E-state index in [1.165, 1.54) is 29.3 Å². The fraction of sp³-hybridized carbons (Fsp3) is 0.650. The highest BCUT2D eigenvalue weighted by Gasteiger charge is 2.32. The van der Waals surface area contributed by atoms with Crippen molar-refractivity contribution in [2.45, 2.75) is 75.5 Å². The van der Waals surface area contributed by atoms with Crippen molar-refractivity contribution in [1.29, 1.82) is 0 Å². The van der Waals surface area contributed by atoms with Crippen LogP contribution in [-0.4, -0.2) is 50.0 Å². The summed E-state index contributed by atoms with van der Waals surface area (Å²) in [6.07, 6.45) is 6.55. The Balaban J connectivity index is 1.67. The molecule has 1 saturated carbocycles. The molecule has 6 nitrogen and oxygen atoms in total.